The third kappa shape index (κ3) is 7.83. The monoisotopic (exact) mass is 538 g/mol. The number of carbonyl (C=O) groups is 1. The number of amides is 1. The van der Waals surface area contributed by atoms with Crippen molar-refractivity contribution in [1.82, 2.24) is 25.7 Å². The molecule has 0 saturated heterocycles. The highest BCUT2D eigenvalue weighted by Crippen LogP contribution is 2.24. The molecule has 1 aromatic heterocycles. The molecule has 1 fully saturated rings. The number of hydrogen-bond acceptors (Lipinski definition) is 3. The number of aliphatic imine (C=N–C) groups is 1. The number of rotatable bonds is 7. The summed E-state index contributed by atoms with van der Waals surface area (Å²) in [7, 11) is 0. The fraction of sp³-hybridized carbons (Fsp3) is 0.522. The van der Waals surface area contributed by atoms with Crippen molar-refractivity contribution in [2.45, 2.75) is 65.1 Å². The molecule has 1 aliphatic carbocycles. The Balaban J connectivity index is 0.00000341. The van der Waals surface area contributed by atoms with Crippen LogP contribution in [-0.4, -0.2) is 40.3 Å². The van der Waals surface area contributed by atoms with E-state index >= 15 is 0 Å². The Bertz CT molecular complexity index is 836. The molecule has 2 aromatic rings. The van der Waals surface area contributed by atoms with E-state index in [1.807, 2.05) is 42.9 Å². The zero-order valence-corrected chi connectivity index (χ0v) is 21.0. The first-order valence-corrected chi connectivity index (χ1v) is 11.0. The summed E-state index contributed by atoms with van der Waals surface area (Å²) < 4.78 is 1.85. The van der Waals surface area contributed by atoms with Crippen LogP contribution in [0, 0.1) is 5.92 Å². The van der Waals surface area contributed by atoms with E-state index in [9.17, 15) is 4.79 Å². The lowest BCUT2D eigenvalue weighted by Gasteiger charge is -2.30. The summed E-state index contributed by atoms with van der Waals surface area (Å²) in [5.74, 6) is 1.05. The van der Waals surface area contributed by atoms with E-state index in [0.29, 0.717) is 6.54 Å². The van der Waals surface area contributed by atoms with E-state index in [0.717, 1.165) is 49.4 Å². The molecule has 170 valence electrons. The highest BCUT2D eigenvalue weighted by molar-refractivity contribution is 14.0. The van der Waals surface area contributed by atoms with Crippen LogP contribution < -0.4 is 16.0 Å². The SMILES string of the molecule is CCNC(=NCc1cccc(-n2cccn2)c1)NC1CCCC(C(=O)NC(C)C)C1.I. The zero-order chi connectivity index (χ0) is 21.3. The molecular weight excluding hydrogens is 503 g/mol. The van der Waals surface area contributed by atoms with Crippen LogP contribution in [0.15, 0.2) is 47.7 Å². The topological polar surface area (TPSA) is 83.3 Å². The summed E-state index contributed by atoms with van der Waals surface area (Å²) in [6.07, 6.45) is 7.63. The van der Waals surface area contributed by atoms with Gasteiger partial charge in [0.1, 0.15) is 0 Å². The summed E-state index contributed by atoms with van der Waals surface area (Å²) in [4.78, 5) is 17.2. The van der Waals surface area contributed by atoms with Gasteiger partial charge in [-0.25, -0.2) is 9.67 Å². The van der Waals surface area contributed by atoms with E-state index in [1.165, 1.54) is 0 Å². The van der Waals surface area contributed by atoms with E-state index in [-0.39, 0.29) is 47.9 Å². The predicted octanol–water partition coefficient (Wildman–Crippen LogP) is 3.63. The standard InChI is InChI=1S/C23H34N6O.HI/c1-4-24-23(28-20-10-6-9-19(15-20)22(30)27-17(2)3)25-16-18-8-5-11-21(14-18)29-13-7-12-26-29;/h5,7-8,11-14,17,19-20H,4,6,9-10,15-16H2,1-3H3,(H,27,30)(H2,24,25,28);1H. The molecule has 0 spiro atoms. The normalized spacial score (nSPS) is 18.9. The molecule has 0 aliphatic heterocycles. The number of benzene rings is 1. The van der Waals surface area contributed by atoms with E-state index in [1.54, 1.807) is 6.20 Å². The van der Waals surface area contributed by atoms with E-state index < -0.39 is 0 Å². The van der Waals surface area contributed by atoms with Crippen LogP contribution in [0.1, 0.15) is 52.0 Å². The lowest BCUT2D eigenvalue weighted by Crippen LogP contribution is -2.47. The first kappa shape index (κ1) is 25.2. The largest absolute Gasteiger partial charge is 0.357 e. The van der Waals surface area contributed by atoms with Crippen molar-refractivity contribution in [3.63, 3.8) is 0 Å². The Labute approximate surface area is 202 Å². The molecule has 0 radical (unpaired) electrons. The van der Waals surface area contributed by atoms with Crippen LogP contribution in [-0.2, 0) is 11.3 Å². The van der Waals surface area contributed by atoms with Gasteiger partial charge in [-0.1, -0.05) is 18.6 Å². The van der Waals surface area contributed by atoms with Crippen molar-refractivity contribution in [3.8, 4) is 5.69 Å². The molecule has 1 saturated carbocycles. The minimum atomic E-state index is 0. The first-order valence-electron chi connectivity index (χ1n) is 11.0. The van der Waals surface area contributed by atoms with E-state index in [2.05, 4.69) is 40.1 Å². The van der Waals surface area contributed by atoms with Gasteiger partial charge in [-0.3, -0.25) is 4.79 Å². The minimum Gasteiger partial charge on any atom is -0.357 e. The zero-order valence-electron chi connectivity index (χ0n) is 18.7. The Hall–Kier alpha value is -2.10. The average molecular weight is 538 g/mol. The molecular formula is C23H35IN6O. The van der Waals surface area contributed by atoms with Gasteiger partial charge >= 0.3 is 0 Å². The molecule has 3 rings (SSSR count). The van der Waals surface area contributed by atoms with Crippen LogP contribution in [0.5, 0.6) is 0 Å². The van der Waals surface area contributed by atoms with Crippen molar-refractivity contribution < 1.29 is 4.79 Å². The van der Waals surface area contributed by atoms with Crippen LogP contribution >= 0.6 is 24.0 Å². The van der Waals surface area contributed by atoms with Gasteiger partial charge in [0.2, 0.25) is 5.91 Å². The second-order valence-corrected chi connectivity index (χ2v) is 8.18. The average Bonchev–Trinajstić information content (AvgIpc) is 3.27. The Kier molecular flexibility index (Phi) is 10.3. The molecule has 1 aromatic carbocycles. The number of nitrogens with zero attached hydrogens (tertiary/aromatic N) is 3. The number of aromatic nitrogens is 2. The molecule has 7 nitrogen and oxygen atoms in total. The fourth-order valence-electron chi connectivity index (χ4n) is 3.86. The van der Waals surface area contributed by atoms with Gasteiger partial charge in [-0.2, -0.15) is 5.10 Å². The van der Waals surface area contributed by atoms with Crippen LogP contribution in [0.4, 0.5) is 0 Å². The molecule has 3 N–H and O–H groups in total. The van der Waals surface area contributed by atoms with Crippen molar-refractivity contribution in [1.29, 1.82) is 0 Å². The molecule has 0 bridgehead atoms. The molecule has 2 unspecified atom stereocenters. The predicted molar refractivity (Wildman–Crippen MR) is 136 cm³/mol. The number of hydrogen-bond donors (Lipinski definition) is 3. The van der Waals surface area contributed by atoms with Crippen molar-refractivity contribution in [3.05, 3.63) is 48.3 Å². The summed E-state index contributed by atoms with van der Waals surface area (Å²) in [5.41, 5.74) is 2.15. The van der Waals surface area contributed by atoms with Gasteiger partial charge in [0.15, 0.2) is 5.96 Å². The molecule has 31 heavy (non-hydrogen) atoms. The molecule has 2 atom stereocenters. The van der Waals surface area contributed by atoms with Gasteiger partial charge in [0.25, 0.3) is 0 Å². The summed E-state index contributed by atoms with van der Waals surface area (Å²) in [6, 6.07) is 10.6. The van der Waals surface area contributed by atoms with Gasteiger partial charge in [-0.15, -0.1) is 24.0 Å². The minimum absolute atomic E-state index is 0. The van der Waals surface area contributed by atoms with Crippen LogP contribution in [0.25, 0.3) is 5.69 Å². The Morgan fingerprint density at radius 1 is 1.29 bits per heavy atom. The summed E-state index contributed by atoms with van der Waals surface area (Å²) in [6.45, 7) is 7.45. The maximum Gasteiger partial charge on any atom is 0.223 e. The lowest BCUT2D eigenvalue weighted by atomic mass is 9.85. The Morgan fingerprint density at radius 2 is 2.13 bits per heavy atom. The Morgan fingerprint density at radius 3 is 2.84 bits per heavy atom. The highest BCUT2D eigenvalue weighted by Gasteiger charge is 2.28. The third-order valence-corrected chi connectivity index (χ3v) is 5.26. The molecule has 8 heteroatoms. The maximum absolute atomic E-state index is 12.4. The number of guanidine groups is 1. The number of nitrogens with one attached hydrogen (secondary N) is 3. The maximum atomic E-state index is 12.4. The highest BCUT2D eigenvalue weighted by atomic mass is 127. The van der Waals surface area contributed by atoms with Crippen molar-refractivity contribution in [2.24, 2.45) is 10.9 Å². The fourth-order valence-corrected chi connectivity index (χ4v) is 3.86. The number of carbonyl (C=O) groups excluding carboxylic acids is 1. The smallest absolute Gasteiger partial charge is 0.223 e. The van der Waals surface area contributed by atoms with Gasteiger partial charge in [0, 0.05) is 36.9 Å². The van der Waals surface area contributed by atoms with Gasteiger partial charge in [-0.05, 0) is 63.8 Å². The van der Waals surface area contributed by atoms with E-state index in [4.69, 9.17) is 4.99 Å². The lowest BCUT2D eigenvalue weighted by molar-refractivity contribution is -0.126. The van der Waals surface area contributed by atoms with Crippen LogP contribution in [0.3, 0.4) is 0 Å². The quantitative estimate of drug-likeness (QED) is 0.286. The first-order chi connectivity index (χ1) is 14.5. The second kappa shape index (κ2) is 12.7. The number of halogens is 1. The van der Waals surface area contributed by atoms with Crippen molar-refractivity contribution >= 4 is 35.8 Å². The molecule has 1 amide bonds. The summed E-state index contributed by atoms with van der Waals surface area (Å²) in [5, 5.41) is 14.2. The summed E-state index contributed by atoms with van der Waals surface area (Å²) >= 11 is 0. The molecule has 1 aliphatic rings. The van der Waals surface area contributed by atoms with Gasteiger partial charge < -0.3 is 16.0 Å². The third-order valence-electron chi connectivity index (χ3n) is 5.26. The molecule has 1 heterocycles. The van der Waals surface area contributed by atoms with Crippen LogP contribution in [0.2, 0.25) is 0 Å². The van der Waals surface area contributed by atoms with Gasteiger partial charge in [0.05, 0.1) is 12.2 Å². The van der Waals surface area contributed by atoms with Crippen molar-refractivity contribution in [2.75, 3.05) is 6.54 Å². The second-order valence-electron chi connectivity index (χ2n) is 8.18.